The number of nitrogens with one attached hydrogen (secondary N) is 1. The van der Waals surface area contributed by atoms with Crippen LogP contribution >= 0.6 is 27.5 Å². The average Bonchev–Trinajstić information content (AvgIpc) is 3.13. The van der Waals surface area contributed by atoms with Gasteiger partial charge in [-0.1, -0.05) is 33.6 Å². The summed E-state index contributed by atoms with van der Waals surface area (Å²) in [5, 5.41) is 3.58. The predicted molar refractivity (Wildman–Crippen MR) is 74.0 cm³/mol. The summed E-state index contributed by atoms with van der Waals surface area (Å²) in [4.78, 5) is 12.4. The molecule has 17 heavy (non-hydrogen) atoms. The van der Waals surface area contributed by atoms with E-state index in [1.54, 1.807) is 18.2 Å². The van der Waals surface area contributed by atoms with Gasteiger partial charge in [0, 0.05) is 22.0 Å². The second-order valence-electron chi connectivity index (χ2n) is 4.48. The number of rotatable bonds is 4. The second-order valence-corrected chi connectivity index (χ2v) is 6.06. The molecule has 0 radical (unpaired) electrons. The molecule has 1 N–H and O–H groups in total. The summed E-state index contributed by atoms with van der Waals surface area (Å²) in [6.07, 6.45) is 2.53. The summed E-state index contributed by atoms with van der Waals surface area (Å²) >= 11 is 9.59. The molecule has 1 aromatic rings. The third kappa shape index (κ3) is 3.23. The molecule has 0 bridgehead atoms. The number of alkyl halides is 1. The van der Waals surface area contributed by atoms with Gasteiger partial charge in [0.05, 0.1) is 0 Å². The van der Waals surface area contributed by atoms with Crippen LogP contribution in [0.3, 0.4) is 0 Å². The minimum Gasteiger partial charge on any atom is -0.351 e. The molecule has 1 fully saturated rings. The van der Waals surface area contributed by atoms with Crippen LogP contribution in [0.15, 0.2) is 18.2 Å². The lowest BCUT2D eigenvalue weighted by molar-refractivity contribution is 0.0953. The monoisotopic (exact) mass is 315 g/mol. The lowest BCUT2D eigenvalue weighted by Crippen LogP contribution is -2.30. The van der Waals surface area contributed by atoms with Gasteiger partial charge in [-0.15, -0.1) is 0 Å². The SMILES string of the molecule is Cc1c(Cl)cccc1C(=O)NCC(Br)C1CC1. The largest absolute Gasteiger partial charge is 0.351 e. The van der Waals surface area contributed by atoms with E-state index in [0.29, 0.717) is 22.0 Å². The number of hydrogen-bond acceptors (Lipinski definition) is 1. The molecule has 1 saturated carbocycles. The van der Waals surface area contributed by atoms with Gasteiger partial charge in [0.1, 0.15) is 0 Å². The fourth-order valence-corrected chi connectivity index (χ4v) is 2.63. The molecule has 1 amide bonds. The molecular weight excluding hydrogens is 302 g/mol. The molecule has 2 nitrogen and oxygen atoms in total. The Morgan fingerprint density at radius 2 is 2.29 bits per heavy atom. The lowest BCUT2D eigenvalue weighted by Gasteiger charge is -2.11. The smallest absolute Gasteiger partial charge is 0.251 e. The standard InChI is InChI=1S/C13H15BrClNO/c1-8-10(3-2-4-12(8)15)13(17)16-7-11(14)9-5-6-9/h2-4,9,11H,5-7H2,1H3,(H,16,17). The molecule has 1 aliphatic rings. The molecule has 2 rings (SSSR count). The maximum absolute atomic E-state index is 12.0. The van der Waals surface area contributed by atoms with Crippen molar-refractivity contribution in [2.45, 2.75) is 24.6 Å². The summed E-state index contributed by atoms with van der Waals surface area (Å²) in [7, 11) is 0. The highest BCUT2D eigenvalue weighted by Crippen LogP contribution is 2.36. The number of carbonyl (C=O) groups is 1. The van der Waals surface area contributed by atoms with Crippen molar-refractivity contribution in [1.82, 2.24) is 5.32 Å². The van der Waals surface area contributed by atoms with Gasteiger partial charge in [0.25, 0.3) is 5.91 Å². The summed E-state index contributed by atoms with van der Waals surface area (Å²) in [5.41, 5.74) is 1.50. The van der Waals surface area contributed by atoms with Crippen molar-refractivity contribution in [2.75, 3.05) is 6.54 Å². The molecule has 0 saturated heterocycles. The van der Waals surface area contributed by atoms with E-state index in [-0.39, 0.29) is 5.91 Å². The Morgan fingerprint density at radius 3 is 2.94 bits per heavy atom. The van der Waals surface area contributed by atoms with Crippen LogP contribution in [-0.4, -0.2) is 17.3 Å². The number of halogens is 2. The summed E-state index contributed by atoms with van der Waals surface area (Å²) < 4.78 is 0. The van der Waals surface area contributed by atoms with Crippen molar-refractivity contribution < 1.29 is 4.79 Å². The Balaban J connectivity index is 1.96. The molecule has 1 aliphatic carbocycles. The van der Waals surface area contributed by atoms with Crippen LogP contribution in [0.25, 0.3) is 0 Å². The molecule has 4 heteroatoms. The minimum atomic E-state index is -0.0462. The predicted octanol–water partition coefficient (Wildman–Crippen LogP) is 3.55. The fraction of sp³-hybridized carbons (Fsp3) is 0.462. The molecule has 1 aromatic carbocycles. The zero-order chi connectivity index (χ0) is 12.4. The topological polar surface area (TPSA) is 29.1 Å². The van der Waals surface area contributed by atoms with E-state index in [1.807, 2.05) is 6.92 Å². The number of hydrogen-bond donors (Lipinski definition) is 1. The highest BCUT2D eigenvalue weighted by Gasteiger charge is 2.29. The highest BCUT2D eigenvalue weighted by atomic mass is 79.9. The van der Waals surface area contributed by atoms with Crippen LogP contribution in [0.1, 0.15) is 28.8 Å². The van der Waals surface area contributed by atoms with E-state index in [1.165, 1.54) is 12.8 Å². The fourth-order valence-electron chi connectivity index (χ4n) is 1.76. The van der Waals surface area contributed by atoms with Crippen molar-refractivity contribution in [1.29, 1.82) is 0 Å². The quantitative estimate of drug-likeness (QED) is 0.846. The zero-order valence-electron chi connectivity index (χ0n) is 9.67. The van der Waals surface area contributed by atoms with Gasteiger partial charge in [0.2, 0.25) is 0 Å². The first-order chi connectivity index (χ1) is 8.09. The van der Waals surface area contributed by atoms with Crippen LogP contribution in [0.5, 0.6) is 0 Å². The normalized spacial score (nSPS) is 16.6. The summed E-state index contributed by atoms with van der Waals surface area (Å²) in [6, 6.07) is 5.40. The first-order valence-corrected chi connectivity index (χ1v) is 7.06. The van der Waals surface area contributed by atoms with Crippen LogP contribution in [-0.2, 0) is 0 Å². The van der Waals surface area contributed by atoms with Crippen molar-refractivity contribution in [3.05, 3.63) is 34.3 Å². The zero-order valence-corrected chi connectivity index (χ0v) is 12.0. The molecule has 1 atom stereocenters. The highest BCUT2D eigenvalue weighted by molar-refractivity contribution is 9.09. The van der Waals surface area contributed by atoms with Crippen molar-refractivity contribution >= 4 is 33.4 Å². The molecule has 0 heterocycles. The Labute approximate surface area is 115 Å². The van der Waals surface area contributed by atoms with E-state index < -0.39 is 0 Å². The number of carbonyl (C=O) groups excluding carboxylic acids is 1. The lowest BCUT2D eigenvalue weighted by atomic mass is 10.1. The van der Waals surface area contributed by atoms with Gasteiger partial charge < -0.3 is 5.32 Å². The van der Waals surface area contributed by atoms with Gasteiger partial charge in [0.15, 0.2) is 0 Å². The van der Waals surface area contributed by atoms with E-state index in [0.717, 1.165) is 11.5 Å². The van der Waals surface area contributed by atoms with E-state index in [9.17, 15) is 4.79 Å². The van der Waals surface area contributed by atoms with Gasteiger partial charge in [-0.25, -0.2) is 0 Å². The molecule has 0 aromatic heterocycles. The number of benzene rings is 1. The van der Waals surface area contributed by atoms with Crippen molar-refractivity contribution in [2.24, 2.45) is 5.92 Å². The van der Waals surface area contributed by atoms with Crippen molar-refractivity contribution in [3.8, 4) is 0 Å². The Kier molecular flexibility index (Phi) is 4.10. The Hall–Kier alpha value is -0.540. The Morgan fingerprint density at radius 1 is 1.59 bits per heavy atom. The molecule has 0 spiro atoms. The van der Waals surface area contributed by atoms with Crippen LogP contribution in [0.4, 0.5) is 0 Å². The van der Waals surface area contributed by atoms with Crippen LogP contribution < -0.4 is 5.32 Å². The minimum absolute atomic E-state index is 0.0462. The van der Waals surface area contributed by atoms with Crippen LogP contribution in [0, 0.1) is 12.8 Å². The Bertz CT molecular complexity index is 431. The molecule has 92 valence electrons. The van der Waals surface area contributed by atoms with Crippen LogP contribution in [0.2, 0.25) is 5.02 Å². The average molecular weight is 317 g/mol. The number of amides is 1. The second kappa shape index (κ2) is 5.40. The first-order valence-electron chi connectivity index (χ1n) is 5.77. The molecule has 0 aliphatic heterocycles. The van der Waals surface area contributed by atoms with E-state index in [4.69, 9.17) is 11.6 Å². The molecular formula is C13H15BrClNO. The first kappa shape index (κ1) is 12.9. The van der Waals surface area contributed by atoms with Gasteiger partial charge in [-0.2, -0.15) is 0 Å². The van der Waals surface area contributed by atoms with Crippen molar-refractivity contribution in [3.63, 3.8) is 0 Å². The van der Waals surface area contributed by atoms with E-state index >= 15 is 0 Å². The van der Waals surface area contributed by atoms with Gasteiger partial charge in [-0.05, 0) is 43.4 Å². The van der Waals surface area contributed by atoms with Gasteiger partial charge in [-0.3, -0.25) is 4.79 Å². The summed E-state index contributed by atoms with van der Waals surface area (Å²) in [6.45, 7) is 2.54. The maximum Gasteiger partial charge on any atom is 0.251 e. The third-order valence-corrected chi connectivity index (χ3v) is 4.58. The van der Waals surface area contributed by atoms with Gasteiger partial charge >= 0.3 is 0 Å². The maximum atomic E-state index is 12.0. The summed E-state index contributed by atoms with van der Waals surface area (Å²) in [5.74, 6) is 0.686. The molecule has 1 unspecified atom stereocenters. The van der Waals surface area contributed by atoms with E-state index in [2.05, 4.69) is 21.2 Å². The third-order valence-electron chi connectivity index (χ3n) is 3.10.